The maximum Gasteiger partial charge on any atom is 0.255 e. The molecule has 1 aromatic heterocycles. The number of aromatic nitrogens is 1. The van der Waals surface area contributed by atoms with Crippen molar-refractivity contribution in [2.24, 2.45) is 5.73 Å². The second kappa shape index (κ2) is 5.58. The van der Waals surface area contributed by atoms with Gasteiger partial charge in [0.05, 0.1) is 5.69 Å². The first kappa shape index (κ1) is 13.2. The Balaban J connectivity index is 2.22. The van der Waals surface area contributed by atoms with E-state index in [0.717, 1.165) is 5.56 Å². The SMILES string of the molecule is Cc1ccc(F)cc1NC(=O)c1ccnc(CN)c1. The largest absolute Gasteiger partial charge is 0.325 e. The summed E-state index contributed by atoms with van der Waals surface area (Å²) in [4.78, 5) is 16.1. The maximum atomic E-state index is 13.1. The molecular formula is C14H14FN3O. The lowest BCUT2D eigenvalue weighted by atomic mass is 10.1. The topological polar surface area (TPSA) is 68.0 Å². The fourth-order valence-corrected chi connectivity index (χ4v) is 1.65. The molecule has 2 aromatic rings. The predicted molar refractivity (Wildman–Crippen MR) is 71.2 cm³/mol. The Bertz CT molecular complexity index is 613. The van der Waals surface area contributed by atoms with Gasteiger partial charge in [0.1, 0.15) is 5.82 Å². The molecule has 0 aliphatic heterocycles. The molecule has 1 aromatic carbocycles. The van der Waals surface area contributed by atoms with E-state index in [4.69, 9.17) is 5.73 Å². The van der Waals surface area contributed by atoms with E-state index in [1.165, 1.54) is 18.3 Å². The third kappa shape index (κ3) is 3.14. The third-order valence-corrected chi connectivity index (χ3v) is 2.74. The number of rotatable bonds is 3. The number of carbonyl (C=O) groups is 1. The normalized spacial score (nSPS) is 10.3. The summed E-state index contributed by atoms with van der Waals surface area (Å²) in [6.45, 7) is 2.06. The van der Waals surface area contributed by atoms with Crippen LogP contribution >= 0.6 is 0 Å². The quantitative estimate of drug-likeness (QED) is 0.888. The van der Waals surface area contributed by atoms with Crippen LogP contribution < -0.4 is 11.1 Å². The number of nitrogens with zero attached hydrogens (tertiary/aromatic N) is 1. The number of carbonyl (C=O) groups excluding carboxylic acids is 1. The molecule has 0 bridgehead atoms. The summed E-state index contributed by atoms with van der Waals surface area (Å²) in [5, 5.41) is 2.67. The number of aryl methyl sites for hydroxylation is 1. The van der Waals surface area contributed by atoms with Gasteiger partial charge in [-0.15, -0.1) is 0 Å². The van der Waals surface area contributed by atoms with Crippen LogP contribution in [0, 0.1) is 12.7 Å². The van der Waals surface area contributed by atoms with Crippen molar-refractivity contribution in [3.63, 3.8) is 0 Å². The molecule has 1 amide bonds. The Morgan fingerprint density at radius 3 is 2.89 bits per heavy atom. The second-order valence-corrected chi connectivity index (χ2v) is 4.15. The molecule has 0 saturated carbocycles. The zero-order valence-electron chi connectivity index (χ0n) is 10.5. The van der Waals surface area contributed by atoms with Crippen molar-refractivity contribution in [1.82, 2.24) is 4.98 Å². The molecule has 0 fully saturated rings. The van der Waals surface area contributed by atoms with Gasteiger partial charge in [-0.1, -0.05) is 6.07 Å². The molecule has 0 atom stereocenters. The lowest BCUT2D eigenvalue weighted by Crippen LogP contribution is -2.14. The van der Waals surface area contributed by atoms with E-state index in [0.29, 0.717) is 16.9 Å². The molecule has 0 aliphatic carbocycles. The van der Waals surface area contributed by atoms with Crippen molar-refractivity contribution in [3.05, 3.63) is 59.2 Å². The van der Waals surface area contributed by atoms with Crippen molar-refractivity contribution in [2.45, 2.75) is 13.5 Å². The number of hydrogen-bond donors (Lipinski definition) is 2. The molecule has 2 rings (SSSR count). The Morgan fingerprint density at radius 1 is 1.37 bits per heavy atom. The highest BCUT2D eigenvalue weighted by molar-refractivity contribution is 6.04. The first-order valence-corrected chi connectivity index (χ1v) is 5.82. The van der Waals surface area contributed by atoms with Crippen LogP contribution in [0.5, 0.6) is 0 Å². The van der Waals surface area contributed by atoms with Gasteiger partial charge in [0.25, 0.3) is 5.91 Å². The summed E-state index contributed by atoms with van der Waals surface area (Å²) >= 11 is 0. The molecule has 0 saturated heterocycles. The number of anilines is 1. The zero-order chi connectivity index (χ0) is 13.8. The Kier molecular flexibility index (Phi) is 3.87. The number of nitrogens with two attached hydrogens (primary N) is 1. The number of halogens is 1. The van der Waals surface area contributed by atoms with Crippen LogP contribution in [-0.4, -0.2) is 10.9 Å². The minimum Gasteiger partial charge on any atom is -0.325 e. The van der Waals surface area contributed by atoms with Crippen molar-refractivity contribution in [1.29, 1.82) is 0 Å². The summed E-state index contributed by atoms with van der Waals surface area (Å²) in [6.07, 6.45) is 1.52. The number of pyridine rings is 1. The van der Waals surface area contributed by atoms with Crippen LogP contribution in [0.2, 0.25) is 0 Å². The van der Waals surface area contributed by atoms with Gasteiger partial charge in [-0.2, -0.15) is 0 Å². The summed E-state index contributed by atoms with van der Waals surface area (Å²) in [5.41, 5.74) is 7.79. The number of amides is 1. The summed E-state index contributed by atoms with van der Waals surface area (Å²) in [7, 11) is 0. The van der Waals surface area contributed by atoms with E-state index in [9.17, 15) is 9.18 Å². The number of benzene rings is 1. The zero-order valence-corrected chi connectivity index (χ0v) is 10.5. The van der Waals surface area contributed by atoms with Crippen LogP contribution in [0.4, 0.5) is 10.1 Å². The second-order valence-electron chi connectivity index (χ2n) is 4.15. The van der Waals surface area contributed by atoms with E-state index in [1.54, 1.807) is 25.1 Å². The molecule has 4 nitrogen and oxygen atoms in total. The molecule has 1 heterocycles. The van der Waals surface area contributed by atoms with Gasteiger partial charge in [-0.05, 0) is 36.8 Å². The highest BCUT2D eigenvalue weighted by Gasteiger charge is 2.09. The van der Waals surface area contributed by atoms with Crippen LogP contribution in [0.25, 0.3) is 0 Å². The fraction of sp³-hybridized carbons (Fsp3) is 0.143. The standard InChI is InChI=1S/C14H14FN3O/c1-9-2-3-11(15)7-13(9)18-14(19)10-4-5-17-12(6-10)8-16/h2-7H,8,16H2,1H3,(H,18,19). The lowest BCUT2D eigenvalue weighted by molar-refractivity contribution is 0.102. The smallest absolute Gasteiger partial charge is 0.255 e. The third-order valence-electron chi connectivity index (χ3n) is 2.74. The highest BCUT2D eigenvalue weighted by Crippen LogP contribution is 2.17. The van der Waals surface area contributed by atoms with Gasteiger partial charge < -0.3 is 11.1 Å². The molecule has 5 heteroatoms. The van der Waals surface area contributed by atoms with Gasteiger partial charge in [0.2, 0.25) is 0 Å². The molecule has 98 valence electrons. The Hall–Kier alpha value is -2.27. The van der Waals surface area contributed by atoms with Crippen molar-refractivity contribution in [3.8, 4) is 0 Å². The summed E-state index contributed by atoms with van der Waals surface area (Å²) < 4.78 is 13.1. The molecule has 0 spiro atoms. The molecule has 3 N–H and O–H groups in total. The van der Waals surface area contributed by atoms with Gasteiger partial charge in [0.15, 0.2) is 0 Å². The molecule has 0 radical (unpaired) electrons. The Morgan fingerprint density at radius 2 is 2.16 bits per heavy atom. The van der Waals surface area contributed by atoms with Crippen molar-refractivity contribution in [2.75, 3.05) is 5.32 Å². The van der Waals surface area contributed by atoms with E-state index in [2.05, 4.69) is 10.3 Å². The van der Waals surface area contributed by atoms with E-state index in [1.807, 2.05) is 0 Å². The first-order valence-electron chi connectivity index (χ1n) is 5.82. The van der Waals surface area contributed by atoms with Crippen molar-refractivity contribution < 1.29 is 9.18 Å². The van der Waals surface area contributed by atoms with Crippen LogP contribution in [-0.2, 0) is 6.54 Å². The van der Waals surface area contributed by atoms with E-state index < -0.39 is 5.82 Å². The van der Waals surface area contributed by atoms with E-state index >= 15 is 0 Å². The molecule has 19 heavy (non-hydrogen) atoms. The van der Waals surface area contributed by atoms with E-state index in [-0.39, 0.29) is 12.5 Å². The molecule has 0 unspecified atom stereocenters. The van der Waals surface area contributed by atoms with Gasteiger partial charge in [0, 0.05) is 24.0 Å². The fourth-order valence-electron chi connectivity index (χ4n) is 1.65. The van der Waals surface area contributed by atoms with Crippen LogP contribution in [0.3, 0.4) is 0 Å². The minimum absolute atomic E-state index is 0.264. The summed E-state index contributed by atoms with van der Waals surface area (Å²) in [5.74, 6) is -0.705. The average Bonchev–Trinajstić information content (AvgIpc) is 2.43. The average molecular weight is 259 g/mol. The van der Waals surface area contributed by atoms with Gasteiger partial charge >= 0.3 is 0 Å². The van der Waals surface area contributed by atoms with Crippen molar-refractivity contribution >= 4 is 11.6 Å². The first-order chi connectivity index (χ1) is 9.10. The summed E-state index contributed by atoms with van der Waals surface area (Å²) in [6, 6.07) is 7.46. The minimum atomic E-state index is -0.390. The molecular weight excluding hydrogens is 245 g/mol. The number of hydrogen-bond acceptors (Lipinski definition) is 3. The molecule has 0 aliphatic rings. The van der Waals surface area contributed by atoms with Gasteiger partial charge in [-0.25, -0.2) is 4.39 Å². The maximum absolute atomic E-state index is 13.1. The highest BCUT2D eigenvalue weighted by atomic mass is 19.1. The lowest BCUT2D eigenvalue weighted by Gasteiger charge is -2.09. The Labute approximate surface area is 110 Å². The number of nitrogens with one attached hydrogen (secondary N) is 1. The predicted octanol–water partition coefficient (Wildman–Crippen LogP) is 2.24. The van der Waals surface area contributed by atoms with Crippen LogP contribution in [0.15, 0.2) is 36.5 Å². The van der Waals surface area contributed by atoms with Crippen LogP contribution in [0.1, 0.15) is 21.6 Å². The monoisotopic (exact) mass is 259 g/mol. The van der Waals surface area contributed by atoms with Gasteiger partial charge in [-0.3, -0.25) is 9.78 Å².